The summed E-state index contributed by atoms with van der Waals surface area (Å²) in [6, 6.07) is 18.3. The molecule has 4 rings (SSSR count). The van der Waals surface area contributed by atoms with E-state index in [-0.39, 0.29) is 0 Å². The molecule has 0 spiro atoms. The molecular formula is C25H35NO. The van der Waals surface area contributed by atoms with E-state index in [9.17, 15) is 0 Å². The van der Waals surface area contributed by atoms with Crippen LogP contribution in [0.3, 0.4) is 0 Å². The largest absolute Gasteiger partial charge is 0.384 e. The molecule has 1 aliphatic carbocycles. The maximum Gasteiger partial charge on any atom is 0.0496 e. The van der Waals surface area contributed by atoms with Crippen molar-refractivity contribution in [1.29, 1.82) is 0 Å². The molecule has 0 saturated carbocycles. The number of ether oxygens (including phenoxy) is 1. The van der Waals surface area contributed by atoms with Crippen molar-refractivity contribution in [3.63, 3.8) is 0 Å². The highest BCUT2D eigenvalue weighted by molar-refractivity contribution is 5.31. The number of rotatable bonds is 3. The van der Waals surface area contributed by atoms with Gasteiger partial charge in [0.1, 0.15) is 0 Å². The fourth-order valence-corrected chi connectivity index (χ4v) is 4.56. The van der Waals surface area contributed by atoms with Crippen molar-refractivity contribution in [2.24, 2.45) is 11.8 Å². The van der Waals surface area contributed by atoms with Gasteiger partial charge in [0.2, 0.25) is 0 Å². The Morgan fingerprint density at radius 3 is 2.04 bits per heavy atom. The molecule has 2 heteroatoms. The smallest absolute Gasteiger partial charge is 0.0496 e. The highest BCUT2D eigenvalue weighted by Gasteiger charge is 2.24. The number of likely N-dealkylation sites (N-methyl/N-ethyl adjacent to an activating group) is 1. The SMILES string of the molecule is CCC1Cc2ccccc2CN1C.COCC1Cc2ccccc2CC1C. The van der Waals surface area contributed by atoms with Crippen LogP contribution in [0.5, 0.6) is 0 Å². The molecule has 2 aromatic rings. The van der Waals surface area contributed by atoms with Gasteiger partial charge in [-0.05, 0) is 66.8 Å². The molecule has 0 N–H and O–H groups in total. The van der Waals surface area contributed by atoms with Crippen molar-refractivity contribution < 1.29 is 4.74 Å². The number of benzene rings is 2. The van der Waals surface area contributed by atoms with Gasteiger partial charge in [-0.1, -0.05) is 62.4 Å². The van der Waals surface area contributed by atoms with Gasteiger partial charge in [-0.25, -0.2) is 0 Å². The summed E-state index contributed by atoms with van der Waals surface area (Å²) in [5.74, 6) is 1.46. The molecule has 3 unspecified atom stereocenters. The quantitative estimate of drug-likeness (QED) is 0.747. The average Bonchev–Trinajstić information content (AvgIpc) is 2.68. The molecule has 3 atom stereocenters. The maximum atomic E-state index is 5.27. The van der Waals surface area contributed by atoms with Crippen molar-refractivity contribution in [2.45, 2.75) is 52.1 Å². The van der Waals surface area contributed by atoms with Crippen LogP contribution in [0.4, 0.5) is 0 Å². The third-order valence-electron chi connectivity index (χ3n) is 6.42. The van der Waals surface area contributed by atoms with Crippen LogP contribution in [0.25, 0.3) is 0 Å². The highest BCUT2D eigenvalue weighted by Crippen LogP contribution is 2.30. The lowest BCUT2D eigenvalue weighted by Gasteiger charge is -2.33. The normalized spacial score (nSPS) is 24.4. The second-order valence-electron chi connectivity index (χ2n) is 8.32. The van der Waals surface area contributed by atoms with Gasteiger partial charge in [0, 0.05) is 26.3 Å². The van der Waals surface area contributed by atoms with Crippen LogP contribution in [0.2, 0.25) is 0 Å². The highest BCUT2D eigenvalue weighted by atomic mass is 16.5. The first kappa shape index (κ1) is 20.1. The number of hydrogen-bond donors (Lipinski definition) is 0. The second kappa shape index (κ2) is 9.52. The van der Waals surface area contributed by atoms with E-state index in [2.05, 4.69) is 74.3 Å². The first-order valence-electron chi connectivity index (χ1n) is 10.4. The molecule has 0 aromatic heterocycles. The van der Waals surface area contributed by atoms with Gasteiger partial charge >= 0.3 is 0 Å². The van der Waals surface area contributed by atoms with Gasteiger partial charge in [0.15, 0.2) is 0 Å². The van der Waals surface area contributed by atoms with Crippen LogP contribution in [0, 0.1) is 11.8 Å². The van der Waals surface area contributed by atoms with Gasteiger partial charge < -0.3 is 4.74 Å². The monoisotopic (exact) mass is 365 g/mol. The Labute approximate surface area is 165 Å². The summed E-state index contributed by atoms with van der Waals surface area (Å²) in [7, 11) is 4.03. The van der Waals surface area contributed by atoms with Crippen LogP contribution >= 0.6 is 0 Å². The summed E-state index contributed by atoms with van der Waals surface area (Å²) in [6.45, 7) is 6.62. The minimum absolute atomic E-state index is 0.704. The second-order valence-corrected chi connectivity index (χ2v) is 8.32. The molecule has 2 nitrogen and oxygen atoms in total. The minimum Gasteiger partial charge on any atom is -0.384 e. The maximum absolute atomic E-state index is 5.27. The Morgan fingerprint density at radius 2 is 1.44 bits per heavy atom. The Morgan fingerprint density at radius 1 is 0.889 bits per heavy atom. The fraction of sp³-hybridized carbons (Fsp3) is 0.520. The van der Waals surface area contributed by atoms with Crippen LogP contribution in [0.1, 0.15) is 42.5 Å². The van der Waals surface area contributed by atoms with E-state index in [1.54, 1.807) is 12.7 Å². The molecule has 146 valence electrons. The topological polar surface area (TPSA) is 12.5 Å². The van der Waals surface area contributed by atoms with E-state index in [0.717, 1.165) is 25.1 Å². The standard InChI is InChI=1S/C13H18O.C12H17N/c1-10-7-11-5-3-4-6-12(11)8-13(10)9-14-2;1-3-12-8-10-6-4-5-7-11(10)9-13(12)2/h3-6,10,13H,7-9H2,1-2H3;4-7,12H,3,8-9H2,1-2H3. The Hall–Kier alpha value is -1.64. The fourth-order valence-electron chi connectivity index (χ4n) is 4.56. The van der Waals surface area contributed by atoms with E-state index >= 15 is 0 Å². The van der Waals surface area contributed by atoms with Gasteiger partial charge in [-0.3, -0.25) is 4.90 Å². The zero-order chi connectivity index (χ0) is 19.2. The third kappa shape index (κ3) is 5.00. The lowest BCUT2D eigenvalue weighted by atomic mass is 9.77. The molecule has 27 heavy (non-hydrogen) atoms. The van der Waals surface area contributed by atoms with E-state index in [1.165, 1.54) is 42.4 Å². The first-order valence-corrected chi connectivity index (χ1v) is 10.4. The van der Waals surface area contributed by atoms with Gasteiger partial charge in [0.05, 0.1) is 0 Å². The van der Waals surface area contributed by atoms with Crippen LogP contribution < -0.4 is 0 Å². The predicted octanol–water partition coefficient (Wildman–Crippen LogP) is 5.14. The first-order chi connectivity index (χ1) is 13.1. The van der Waals surface area contributed by atoms with Gasteiger partial charge in [0.25, 0.3) is 0 Å². The minimum atomic E-state index is 0.704. The number of nitrogens with zero attached hydrogens (tertiary/aromatic N) is 1. The van der Waals surface area contributed by atoms with Crippen molar-refractivity contribution in [2.75, 3.05) is 20.8 Å². The van der Waals surface area contributed by atoms with Gasteiger partial charge in [-0.15, -0.1) is 0 Å². The number of fused-ring (bicyclic) bond motifs is 2. The zero-order valence-electron chi connectivity index (χ0n) is 17.4. The lowest BCUT2D eigenvalue weighted by molar-refractivity contribution is 0.120. The third-order valence-corrected chi connectivity index (χ3v) is 6.42. The van der Waals surface area contributed by atoms with Crippen LogP contribution in [0.15, 0.2) is 48.5 Å². The molecule has 1 heterocycles. The summed E-state index contributed by atoms with van der Waals surface area (Å²) in [6.07, 6.45) is 4.88. The lowest BCUT2D eigenvalue weighted by Crippen LogP contribution is -2.36. The van der Waals surface area contributed by atoms with Crippen molar-refractivity contribution in [3.05, 3.63) is 70.8 Å². The molecular weight excluding hydrogens is 330 g/mol. The van der Waals surface area contributed by atoms with Crippen molar-refractivity contribution in [3.8, 4) is 0 Å². The van der Waals surface area contributed by atoms with E-state index < -0.39 is 0 Å². The Balaban J connectivity index is 0.000000156. The summed E-state index contributed by atoms with van der Waals surface area (Å²) < 4.78 is 5.27. The molecule has 0 saturated heterocycles. The Bertz CT molecular complexity index is 726. The van der Waals surface area contributed by atoms with Crippen molar-refractivity contribution in [1.82, 2.24) is 4.90 Å². The molecule has 0 radical (unpaired) electrons. The van der Waals surface area contributed by atoms with E-state index in [1.807, 2.05) is 0 Å². The summed E-state index contributed by atoms with van der Waals surface area (Å²) in [5.41, 5.74) is 6.11. The molecule has 2 aliphatic rings. The summed E-state index contributed by atoms with van der Waals surface area (Å²) in [5, 5.41) is 0. The number of methoxy groups -OCH3 is 1. The number of hydrogen-bond acceptors (Lipinski definition) is 2. The van der Waals surface area contributed by atoms with Crippen molar-refractivity contribution >= 4 is 0 Å². The summed E-state index contributed by atoms with van der Waals surface area (Å²) in [4.78, 5) is 2.46. The summed E-state index contributed by atoms with van der Waals surface area (Å²) >= 11 is 0. The zero-order valence-corrected chi connectivity index (χ0v) is 17.4. The van der Waals surface area contributed by atoms with E-state index in [0.29, 0.717) is 5.92 Å². The molecule has 0 amide bonds. The van der Waals surface area contributed by atoms with Crippen LogP contribution in [-0.4, -0.2) is 31.7 Å². The predicted molar refractivity (Wildman–Crippen MR) is 114 cm³/mol. The molecule has 1 aliphatic heterocycles. The Kier molecular flexibility index (Phi) is 7.09. The average molecular weight is 366 g/mol. The van der Waals surface area contributed by atoms with Crippen LogP contribution in [-0.2, 0) is 30.5 Å². The van der Waals surface area contributed by atoms with E-state index in [4.69, 9.17) is 4.74 Å². The van der Waals surface area contributed by atoms with Gasteiger partial charge in [-0.2, -0.15) is 0 Å². The molecule has 0 fully saturated rings. The molecule has 0 bridgehead atoms. The molecule has 2 aromatic carbocycles.